The van der Waals surface area contributed by atoms with Crippen LogP contribution in [0.4, 0.5) is 11.4 Å². The second-order valence-electron chi connectivity index (χ2n) is 9.16. The second-order valence-corrected chi connectivity index (χ2v) is 11.0. The Hall–Kier alpha value is -4.45. The number of carbonyl (C=O) groups excluding carboxylic acids is 2. The first-order valence-electron chi connectivity index (χ1n) is 12.8. The standard InChI is InChI=1S/C29H33N3O8S/c1-37-22-10-12-25(38-2)24(16-22)32(41(35,36)23-11-13-26(39-3)27(17-23)40-4)19-28(33)30-18-20-7-5-8-21(15-20)31-14-6-9-29(31)34/h5,7-8,10-13,15-17H,6,9,14,18-19H2,1-4H3,(H,30,33). The number of carbonyl (C=O) groups is 2. The lowest BCUT2D eigenvalue weighted by Crippen LogP contribution is -2.41. The number of hydrogen-bond donors (Lipinski definition) is 1. The van der Waals surface area contributed by atoms with E-state index in [1.54, 1.807) is 17.0 Å². The van der Waals surface area contributed by atoms with Gasteiger partial charge < -0.3 is 29.2 Å². The molecule has 0 spiro atoms. The van der Waals surface area contributed by atoms with Crippen LogP contribution in [-0.2, 0) is 26.2 Å². The lowest BCUT2D eigenvalue weighted by atomic mass is 10.2. The number of hydrogen-bond acceptors (Lipinski definition) is 8. The van der Waals surface area contributed by atoms with Gasteiger partial charge in [0.1, 0.15) is 18.0 Å². The predicted molar refractivity (Wildman–Crippen MR) is 153 cm³/mol. The second kappa shape index (κ2) is 12.8. The third-order valence-corrected chi connectivity index (χ3v) is 8.43. The molecule has 0 aliphatic carbocycles. The highest BCUT2D eigenvalue weighted by Gasteiger charge is 2.31. The number of nitrogens with zero attached hydrogens (tertiary/aromatic N) is 2. The number of nitrogens with one attached hydrogen (secondary N) is 1. The van der Waals surface area contributed by atoms with E-state index >= 15 is 0 Å². The van der Waals surface area contributed by atoms with E-state index in [-0.39, 0.29) is 34.5 Å². The van der Waals surface area contributed by atoms with Gasteiger partial charge in [-0.1, -0.05) is 12.1 Å². The summed E-state index contributed by atoms with van der Waals surface area (Å²) in [6.07, 6.45) is 1.32. The Morgan fingerprint density at radius 1 is 0.902 bits per heavy atom. The average Bonchev–Trinajstić information content (AvgIpc) is 3.43. The molecule has 0 atom stereocenters. The number of ether oxygens (including phenoxy) is 4. The monoisotopic (exact) mass is 583 g/mol. The SMILES string of the molecule is COc1ccc(OC)c(N(CC(=O)NCc2cccc(N3CCCC3=O)c2)S(=O)(=O)c2ccc(OC)c(OC)c2)c1. The lowest BCUT2D eigenvalue weighted by molar-refractivity contribution is -0.120. The molecular weight excluding hydrogens is 550 g/mol. The fourth-order valence-corrected chi connectivity index (χ4v) is 5.98. The van der Waals surface area contributed by atoms with Crippen molar-refractivity contribution in [3.8, 4) is 23.0 Å². The van der Waals surface area contributed by atoms with Crippen LogP contribution in [0.1, 0.15) is 18.4 Å². The number of anilines is 2. The van der Waals surface area contributed by atoms with Gasteiger partial charge in [0.2, 0.25) is 11.8 Å². The molecule has 1 fully saturated rings. The van der Waals surface area contributed by atoms with Crippen molar-refractivity contribution in [1.29, 1.82) is 0 Å². The summed E-state index contributed by atoms with van der Waals surface area (Å²) in [5.74, 6) is 0.683. The van der Waals surface area contributed by atoms with Gasteiger partial charge in [-0.05, 0) is 48.4 Å². The highest BCUT2D eigenvalue weighted by molar-refractivity contribution is 7.92. The van der Waals surface area contributed by atoms with Gasteiger partial charge in [0.25, 0.3) is 10.0 Å². The molecule has 1 aliphatic heterocycles. The van der Waals surface area contributed by atoms with Crippen molar-refractivity contribution in [3.05, 3.63) is 66.2 Å². The molecule has 1 heterocycles. The quantitative estimate of drug-likeness (QED) is 0.344. The zero-order chi connectivity index (χ0) is 29.6. The van der Waals surface area contributed by atoms with Gasteiger partial charge in [0, 0.05) is 37.3 Å². The summed E-state index contributed by atoms with van der Waals surface area (Å²) in [6, 6.07) is 16.2. The summed E-state index contributed by atoms with van der Waals surface area (Å²) in [7, 11) is 1.40. The van der Waals surface area contributed by atoms with Gasteiger partial charge in [-0.2, -0.15) is 0 Å². The summed E-state index contributed by atoms with van der Waals surface area (Å²) in [6.45, 7) is 0.235. The first-order chi connectivity index (χ1) is 19.7. The Bertz CT molecular complexity index is 1530. The van der Waals surface area contributed by atoms with Crippen molar-refractivity contribution >= 4 is 33.2 Å². The molecule has 1 aliphatic rings. The summed E-state index contributed by atoms with van der Waals surface area (Å²) in [5, 5.41) is 2.79. The zero-order valence-corrected chi connectivity index (χ0v) is 24.2. The Balaban J connectivity index is 1.64. The van der Waals surface area contributed by atoms with Crippen LogP contribution in [0.15, 0.2) is 65.6 Å². The molecule has 0 saturated carbocycles. The normalized spacial score (nSPS) is 13.1. The molecule has 1 saturated heterocycles. The smallest absolute Gasteiger partial charge is 0.265 e. The molecule has 4 rings (SSSR count). The van der Waals surface area contributed by atoms with E-state index in [1.807, 2.05) is 24.3 Å². The highest BCUT2D eigenvalue weighted by Crippen LogP contribution is 2.37. The fraction of sp³-hybridized carbons (Fsp3) is 0.310. The summed E-state index contributed by atoms with van der Waals surface area (Å²) >= 11 is 0. The Morgan fingerprint density at radius 2 is 1.63 bits per heavy atom. The molecule has 0 unspecified atom stereocenters. The lowest BCUT2D eigenvalue weighted by Gasteiger charge is -2.26. The van der Waals surface area contributed by atoms with E-state index in [1.165, 1.54) is 52.7 Å². The molecule has 0 radical (unpaired) electrons. The van der Waals surface area contributed by atoms with Gasteiger partial charge in [-0.25, -0.2) is 8.42 Å². The summed E-state index contributed by atoms with van der Waals surface area (Å²) in [4.78, 5) is 27.0. The highest BCUT2D eigenvalue weighted by atomic mass is 32.2. The van der Waals surface area contributed by atoms with E-state index in [0.29, 0.717) is 24.5 Å². The maximum absolute atomic E-state index is 14.0. The number of sulfonamides is 1. The number of benzene rings is 3. The van der Waals surface area contributed by atoms with Crippen LogP contribution >= 0.6 is 0 Å². The molecule has 218 valence electrons. The van der Waals surface area contributed by atoms with Crippen molar-refractivity contribution in [2.24, 2.45) is 0 Å². The van der Waals surface area contributed by atoms with E-state index < -0.39 is 22.5 Å². The van der Waals surface area contributed by atoms with Crippen LogP contribution in [0.25, 0.3) is 0 Å². The van der Waals surface area contributed by atoms with Crippen molar-refractivity contribution in [3.63, 3.8) is 0 Å². The average molecular weight is 584 g/mol. The third-order valence-electron chi connectivity index (χ3n) is 6.67. The molecule has 12 heteroatoms. The van der Waals surface area contributed by atoms with Crippen LogP contribution in [0, 0.1) is 0 Å². The van der Waals surface area contributed by atoms with Gasteiger partial charge in [-0.15, -0.1) is 0 Å². The molecule has 3 aromatic rings. The number of amides is 2. The molecule has 0 aromatic heterocycles. The van der Waals surface area contributed by atoms with Crippen LogP contribution in [-0.4, -0.2) is 61.8 Å². The Labute approximate surface area is 239 Å². The van der Waals surface area contributed by atoms with Crippen LogP contribution in [0.2, 0.25) is 0 Å². The van der Waals surface area contributed by atoms with Gasteiger partial charge in [-0.3, -0.25) is 13.9 Å². The number of methoxy groups -OCH3 is 4. The maximum Gasteiger partial charge on any atom is 0.265 e. The van der Waals surface area contributed by atoms with E-state index in [9.17, 15) is 18.0 Å². The van der Waals surface area contributed by atoms with Gasteiger partial charge in [0.15, 0.2) is 11.5 Å². The van der Waals surface area contributed by atoms with Crippen molar-refractivity contribution in [2.45, 2.75) is 24.3 Å². The van der Waals surface area contributed by atoms with Crippen molar-refractivity contribution in [2.75, 3.05) is 50.7 Å². The Kier molecular flexibility index (Phi) is 9.23. The molecule has 0 bridgehead atoms. The van der Waals surface area contributed by atoms with E-state index in [2.05, 4.69) is 5.32 Å². The number of rotatable bonds is 12. The minimum absolute atomic E-state index is 0.0643. The van der Waals surface area contributed by atoms with E-state index in [4.69, 9.17) is 18.9 Å². The molecule has 3 aromatic carbocycles. The molecule has 1 N–H and O–H groups in total. The zero-order valence-electron chi connectivity index (χ0n) is 23.4. The van der Waals surface area contributed by atoms with E-state index in [0.717, 1.165) is 22.0 Å². The topological polar surface area (TPSA) is 124 Å². The van der Waals surface area contributed by atoms with Crippen LogP contribution in [0.5, 0.6) is 23.0 Å². The predicted octanol–water partition coefficient (Wildman–Crippen LogP) is 3.36. The van der Waals surface area contributed by atoms with Crippen LogP contribution in [0.3, 0.4) is 0 Å². The van der Waals surface area contributed by atoms with Gasteiger partial charge >= 0.3 is 0 Å². The molecule has 2 amide bonds. The molecular formula is C29H33N3O8S. The fourth-order valence-electron chi connectivity index (χ4n) is 4.54. The largest absolute Gasteiger partial charge is 0.497 e. The van der Waals surface area contributed by atoms with Gasteiger partial charge in [0.05, 0.1) is 39.0 Å². The minimum Gasteiger partial charge on any atom is -0.497 e. The van der Waals surface area contributed by atoms with Crippen LogP contribution < -0.4 is 33.5 Å². The molecule has 41 heavy (non-hydrogen) atoms. The van der Waals surface area contributed by atoms with Crippen molar-refractivity contribution in [1.82, 2.24) is 5.32 Å². The summed E-state index contributed by atoms with van der Waals surface area (Å²) in [5.41, 5.74) is 1.65. The summed E-state index contributed by atoms with van der Waals surface area (Å²) < 4.78 is 50.3. The van der Waals surface area contributed by atoms with Crippen molar-refractivity contribution < 1.29 is 37.0 Å². The first kappa shape index (κ1) is 29.5. The Morgan fingerprint density at radius 3 is 2.29 bits per heavy atom. The maximum atomic E-state index is 14.0. The third kappa shape index (κ3) is 6.49. The first-order valence-corrected chi connectivity index (χ1v) is 14.3. The minimum atomic E-state index is -4.31. The molecule has 11 nitrogen and oxygen atoms in total.